The molecule has 1 atom stereocenters. The Bertz CT molecular complexity index is 871. The Morgan fingerprint density at radius 3 is 2.41 bits per heavy atom. The molecule has 2 amide bonds. The topological polar surface area (TPSA) is 43.9 Å². The first-order valence-corrected chi connectivity index (χ1v) is 9.56. The fourth-order valence-electron chi connectivity index (χ4n) is 4.11. The Balaban J connectivity index is 1.43. The van der Waals surface area contributed by atoms with Crippen LogP contribution < -0.4 is 9.80 Å². The van der Waals surface area contributed by atoms with Crippen molar-refractivity contribution in [2.45, 2.75) is 26.3 Å². The number of rotatable bonds is 1. The number of hydrogen-bond acceptors (Lipinski definition) is 3. The number of hydrogen-bond donors (Lipinski definition) is 0. The zero-order valence-corrected chi connectivity index (χ0v) is 15.9. The Labute approximate surface area is 160 Å². The summed E-state index contributed by atoms with van der Waals surface area (Å²) in [6.07, 6.45) is 0.802. The van der Waals surface area contributed by atoms with Crippen molar-refractivity contribution in [1.29, 1.82) is 0 Å². The first-order chi connectivity index (χ1) is 13.0. The average molecular weight is 363 g/mol. The minimum Gasteiger partial charge on any atom is -0.368 e. The molecular weight excluding hydrogens is 338 g/mol. The van der Waals surface area contributed by atoms with E-state index in [1.807, 2.05) is 31.2 Å². The van der Waals surface area contributed by atoms with Gasteiger partial charge in [-0.1, -0.05) is 30.3 Å². The van der Waals surface area contributed by atoms with Gasteiger partial charge in [-0.05, 0) is 49.6 Å². The monoisotopic (exact) mass is 363 g/mol. The fraction of sp³-hybridized carbons (Fsp3) is 0.364. The lowest BCUT2D eigenvalue weighted by Crippen LogP contribution is -2.54. The van der Waals surface area contributed by atoms with Crippen LogP contribution in [0.25, 0.3) is 0 Å². The van der Waals surface area contributed by atoms with Crippen LogP contribution in [0, 0.1) is 6.92 Å². The maximum atomic E-state index is 12.9. The second-order valence-corrected chi connectivity index (χ2v) is 7.48. The van der Waals surface area contributed by atoms with Crippen molar-refractivity contribution in [2.24, 2.45) is 0 Å². The molecule has 0 saturated carbocycles. The van der Waals surface area contributed by atoms with E-state index in [1.165, 1.54) is 11.3 Å². The Hall–Kier alpha value is -2.82. The van der Waals surface area contributed by atoms with Gasteiger partial charge in [-0.25, -0.2) is 0 Å². The molecule has 1 fully saturated rings. The zero-order chi connectivity index (χ0) is 19.0. The van der Waals surface area contributed by atoms with Crippen molar-refractivity contribution in [3.05, 3.63) is 59.7 Å². The van der Waals surface area contributed by atoms with Crippen LogP contribution in [0.15, 0.2) is 48.5 Å². The van der Waals surface area contributed by atoms with E-state index < -0.39 is 5.91 Å². The Kier molecular flexibility index (Phi) is 4.60. The van der Waals surface area contributed by atoms with E-state index >= 15 is 0 Å². The zero-order valence-electron chi connectivity index (χ0n) is 15.9. The standard InChI is InChI=1S/C22H25N3O2/c1-16-6-5-8-19(14-16)23-10-12-24(13-11-23)21(26)22(27)25-17(2)15-18-7-3-4-9-20(18)25/h3-9,14,17H,10-13,15H2,1-2H3. The molecule has 0 spiro atoms. The number of anilines is 2. The molecule has 2 aliphatic heterocycles. The molecule has 2 aromatic carbocycles. The van der Waals surface area contributed by atoms with Crippen LogP contribution in [-0.2, 0) is 16.0 Å². The molecule has 1 saturated heterocycles. The summed E-state index contributed by atoms with van der Waals surface area (Å²) in [6, 6.07) is 16.3. The van der Waals surface area contributed by atoms with Crippen molar-refractivity contribution in [3.63, 3.8) is 0 Å². The summed E-state index contributed by atoms with van der Waals surface area (Å²) in [4.78, 5) is 31.4. The van der Waals surface area contributed by atoms with E-state index in [4.69, 9.17) is 0 Å². The quantitative estimate of drug-likeness (QED) is 0.732. The third kappa shape index (κ3) is 3.29. The van der Waals surface area contributed by atoms with E-state index in [1.54, 1.807) is 9.80 Å². The van der Waals surface area contributed by atoms with Gasteiger partial charge in [0, 0.05) is 43.6 Å². The van der Waals surface area contributed by atoms with Crippen LogP contribution >= 0.6 is 0 Å². The molecule has 2 aliphatic rings. The summed E-state index contributed by atoms with van der Waals surface area (Å²) in [6.45, 7) is 6.71. The van der Waals surface area contributed by atoms with Crippen molar-refractivity contribution >= 4 is 23.2 Å². The molecule has 5 heteroatoms. The summed E-state index contributed by atoms with van der Waals surface area (Å²) >= 11 is 0. The minimum atomic E-state index is -0.406. The molecule has 4 rings (SSSR count). The Morgan fingerprint density at radius 1 is 0.926 bits per heavy atom. The lowest BCUT2D eigenvalue weighted by Gasteiger charge is -2.36. The Morgan fingerprint density at radius 2 is 1.67 bits per heavy atom. The minimum absolute atomic E-state index is 0.0208. The molecule has 1 unspecified atom stereocenters. The van der Waals surface area contributed by atoms with Crippen molar-refractivity contribution in [3.8, 4) is 0 Å². The van der Waals surface area contributed by atoms with E-state index in [9.17, 15) is 9.59 Å². The van der Waals surface area contributed by atoms with E-state index in [0.717, 1.165) is 30.8 Å². The van der Waals surface area contributed by atoms with Gasteiger partial charge >= 0.3 is 11.8 Å². The first-order valence-electron chi connectivity index (χ1n) is 9.56. The fourth-order valence-corrected chi connectivity index (χ4v) is 4.11. The molecule has 0 radical (unpaired) electrons. The highest BCUT2D eigenvalue weighted by Gasteiger charge is 2.36. The number of fused-ring (bicyclic) bond motifs is 1. The molecular formula is C22H25N3O2. The predicted molar refractivity (Wildman–Crippen MR) is 107 cm³/mol. The molecule has 5 nitrogen and oxygen atoms in total. The van der Waals surface area contributed by atoms with Crippen molar-refractivity contribution < 1.29 is 9.59 Å². The van der Waals surface area contributed by atoms with Crippen molar-refractivity contribution in [1.82, 2.24) is 4.90 Å². The first kappa shape index (κ1) is 17.6. The average Bonchev–Trinajstić information content (AvgIpc) is 3.02. The number of para-hydroxylation sites is 1. The van der Waals surface area contributed by atoms with Crippen molar-refractivity contribution in [2.75, 3.05) is 36.0 Å². The van der Waals surface area contributed by atoms with Gasteiger partial charge in [0.1, 0.15) is 0 Å². The third-order valence-electron chi connectivity index (χ3n) is 5.54. The number of carbonyl (C=O) groups excluding carboxylic acids is 2. The van der Waals surface area contributed by atoms with Crippen LogP contribution in [-0.4, -0.2) is 48.9 Å². The summed E-state index contributed by atoms with van der Waals surface area (Å²) in [5.41, 5.74) is 4.41. The summed E-state index contributed by atoms with van der Waals surface area (Å²) < 4.78 is 0. The number of piperazine rings is 1. The molecule has 27 heavy (non-hydrogen) atoms. The third-order valence-corrected chi connectivity index (χ3v) is 5.54. The second kappa shape index (κ2) is 7.06. The van der Waals surface area contributed by atoms with E-state index in [0.29, 0.717) is 13.1 Å². The lowest BCUT2D eigenvalue weighted by molar-refractivity contribution is -0.144. The largest absolute Gasteiger partial charge is 0.368 e. The number of aryl methyl sites for hydroxylation is 1. The van der Waals surface area contributed by atoms with Gasteiger partial charge in [-0.2, -0.15) is 0 Å². The predicted octanol–water partition coefficient (Wildman–Crippen LogP) is 2.62. The van der Waals surface area contributed by atoms with Gasteiger partial charge in [-0.15, -0.1) is 0 Å². The lowest BCUT2D eigenvalue weighted by atomic mass is 10.1. The highest BCUT2D eigenvalue weighted by atomic mass is 16.2. The number of nitrogens with zero attached hydrogens (tertiary/aromatic N) is 3. The summed E-state index contributed by atoms with van der Waals surface area (Å²) in [7, 11) is 0. The molecule has 0 bridgehead atoms. The van der Waals surface area contributed by atoms with Crippen LogP contribution in [0.3, 0.4) is 0 Å². The highest BCUT2D eigenvalue weighted by molar-refractivity contribution is 6.40. The van der Waals surface area contributed by atoms with E-state index in [-0.39, 0.29) is 11.9 Å². The number of benzene rings is 2. The van der Waals surface area contributed by atoms with Gasteiger partial charge < -0.3 is 14.7 Å². The molecule has 0 aromatic heterocycles. The van der Waals surface area contributed by atoms with Gasteiger partial charge in [0.2, 0.25) is 0 Å². The SMILES string of the molecule is Cc1cccc(N2CCN(C(=O)C(=O)N3c4ccccc4CC3C)CC2)c1. The maximum absolute atomic E-state index is 12.9. The van der Waals surface area contributed by atoms with Crippen LogP contribution in [0.1, 0.15) is 18.1 Å². The van der Waals surface area contributed by atoms with E-state index in [2.05, 4.69) is 36.1 Å². The van der Waals surface area contributed by atoms with Crippen LogP contribution in [0.2, 0.25) is 0 Å². The molecule has 2 aromatic rings. The second-order valence-electron chi connectivity index (χ2n) is 7.48. The molecule has 140 valence electrons. The van der Waals surface area contributed by atoms with Crippen LogP contribution in [0.5, 0.6) is 0 Å². The van der Waals surface area contributed by atoms with Gasteiger partial charge in [0.25, 0.3) is 0 Å². The van der Waals surface area contributed by atoms with Crippen LogP contribution in [0.4, 0.5) is 11.4 Å². The van der Waals surface area contributed by atoms with Gasteiger partial charge in [-0.3, -0.25) is 9.59 Å². The molecule has 2 heterocycles. The summed E-state index contributed by atoms with van der Waals surface area (Å²) in [5, 5.41) is 0. The molecule has 0 N–H and O–H groups in total. The number of amides is 2. The maximum Gasteiger partial charge on any atom is 0.316 e. The normalized spacial score (nSPS) is 19.2. The highest BCUT2D eigenvalue weighted by Crippen LogP contribution is 2.32. The summed E-state index contributed by atoms with van der Waals surface area (Å²) in [5.74, 6) is -0.793. The van der Waals surface area contributed by atoms with Gasteiger partial charge in [0.15, 0.2) is 0 Å². The smallest absolute Gasteiger partial charge is 0.316 e. The molecule has 0 aliphatic carbocycles. The van der Waals surface area contributed by atoms with Gasteiger partial charge in [0.05, 0.1) is 0 Å². The number of carbonyl (C=O) groups is 2.